The van der Waals surface area contributed by atoms with E-state index >= 15 is 0 Å². The van der Waals surface area contributed by atoms with Crippen LogP contribution in [0, 0.1) is 0 Å². The van der Waals surface area contributed by atoms with Gasteiger partial charge in [0, 0.05) is 43.7 Å². The van der Waals surface area contributed by atoms with Crippen LogP contribution < -0.4 is 20.9 Å². The molecule has 1 aliphatic rings. The van der Waals surface area contributed by atoms with Gasteiger partial charge in [0.2, 0.25) is 0 Å². The molecule has 1 aromatic heterocycles. The molecule has 0 aliphatic carbocycles. The van der Waals surface area contributed by atoms with Crippen molar-refractivity contribution in [3.05, 3.63) is 88.7 Å². The maximum absolute atomic E-state index is 13.0. The van der Waals surface area contributed by atoms with E-state index in [1.54, 1.807) is 18.7 Å². The monoisotopic (exact) mass is 474 g/mol. The summed E-state index contributed by atoms with van der Waals surface area (Å²) in [7, 11) is 3.16. The van der Waals surface area contributed by atoms with Crippen LogP contribution in [0.2, 0.25) is 0 Å². The largest absolute Gasteiger partial charge is 0.497 e. The van der Waals surface area contributed by atoms with E-state index in [9.17, 15) is 9.59 Å². The molecular formula is C28H34N4O3. The van der Waals surface area contributed by atoms with E-state index in [2.05, 4.69) is 46.4 Å². The van der Waals surface area contributed by atoms with Gasteiger partial charge in [-0.1, -0.05) is 36.4 Å². The van der Waals surface area contributed by atoms with Crippen LogP contribution in [-0.2, 0) is 6.54 Å². The number of rotatable bonds is 9. The van der Waals surface area contributed by atoms with Gasteiger partial charge in [-0.25, -0.2) is 0 Å². The summed E-state index contributed by atoms with van der Waals surface area (Å²) in [4.78, 5) is 27.7. The van der Waals surface area contributed by atoms with Gasteiger partial charge in [0.05, 0.1) is 24.2 Å². The van der Waals surface area contributed by atoms with Crippen LogP contribution in [-0.4, -0.2) is 55.2 Å². The van der Waals surface area contributed by atoms with Gasteiger partial charge in [-0.15, -0.1) is 6.58 Å². The van der Waals surface area contributed by atoms with Crippen molar-refractivity contribution in [3.63, 3.8) is 0 Å². The first-order chi connectivity index (χ1) is 17.0. The van der Waals surface area contributed by atoms with Crippen LogP contribution >= 0.6 is 0 Å². The maximum atomic E-state index is 13.0. The van der Waals surface area contributed by atoms with Crippen molar-refractivity contribution < 1.29 is 9.53 Å². The highest BCUT2D eigenvalue weighted by molar-refractivity contribution is 6.06. The SMILES string of the molecule is C=CC(NC1CCN(CCn2c(=O)cc(C(=O)NC)c3ccc(OC)cc32)CC1)c1ccccc1. The number of likely N-dealkylation sites (tertiary alicyclic amines) is 1. The van der Waals surface area contributed by atoms with Gasteiger partial charge in [0.25, 0.3) is 11.5 Å². The standard InChI is InChI=1S/C28H34N4O3/c1-4-25(20-8-6-5-7-9-20)30-21-12-14-31(15-13-21)16-17-32-26-18-22(35-3)10-11-23(26)24(19-27(32)33)28(34)29-2/h4-11,18-19,21,25,30H,1,12-17H2,2-3H3,(H,29,34). The number of aromatic nitrogens is 1. The Kier molecular flexibility index (Phi) is 8.00. The average molecular weight is 475 g/mol. The molecule has 1 amide bonds. The molecule has 2 N–H and O–H groups in total. The van der Waals surface area contributed by atoms with Crippen LogP contribution in [0.4, 0.5) is 0 Å². The van der Waals surface area contributed by atoms with Crippen molar-refractivity contribution in [3.8, 4) is 5.75 Å². The molecule has 7 nitrogen and oxygen atoms in total. The predicted octanol–water partition coefficient (Wildman–Crippen LogP) is 3.35. The number of hydrogen-bond donors (Lipinski definition) is 2. The molecular weight excluding hydrogens is 440 g/mol. The first-order valence-electron chi connectivity index (χ1n) is 12.1. The van der Waals surface area contributed by atoms with Crippen molar-refractivity contribution in [2.75, 3.05) is 33.8 Å². The minimum Gasteiger partial charge on any atom is -0.497 e. The Morgan fingerprint density at radius 2 is 1.89 bits per heavy atom. The van der Waals surface area contributed by atoms with Crippen LogP contribution in [0.1, 0.15) is 34.8 Å². The van der Waals surface area contributed by atoms with E-state index in [0.717, 1.165) is 37.9 Å². The fraction of sp³-hybridized carbons (Fsp3) is 0.357. The predicted molar refractivity (Wildman–Crippen MR) is 140 cm³/mol. The van der Waals surface area contributed by atoms with Crippen molar-refractivity contribution in [2.24, 2.45) is 0 Å². The lowest BCUT2D eigenvalue weighted by molar-refractivity contribution is 0.0964. The number of piperidine rings is 1. The summed E-state index contributed by atoms with van der Waals surface area (Å²) in [5, 5.41) is 7.10. The lowest BCUT2D eigenvalue weighted by Gasteiger charge is -2.34. The van der Waals surface area contributed by atoms with E-state index < -0.39 is 0 Å². The van der Waals surface area contributed by atoms with Crippen LogP contribution in [0.25, 0.3) is 10.9 Å². The zero-order valence-corrected chi connectivity index (χ0v) is 20.5. The number of ether oxygens (including phenoxy) is 1. The van der Waals surface area contributed by atoms with Gasteiger partial charge in [-0.3, -0.25) is 9.59 Å². The molecule has 1 atom stereocenters. The van der Waals surface area contributed by atoms with Crippen molar-refractivity contribution in [1.29, 1.82) is 0 Å². The number of benzene rings is 2. The van der Waals surface area contributed by atoms with Gasteiger partial charge in [-0.05, 0) is 43.6 Å². The second-order valence-electron chi connectivity index (χ2n) is 8.92. The van der Waals surface area contributed by atoms with Gasteiger partial charge >= 0.3 is 0 Å². The quantitative estimate of drug-likeness (QED) is 0.465. The van der Waals surface area contributed by atoms with Crippen molar-refractivity contribution in [2.45, 2.75) is 31.5 Å². The molecule has 1 fully saturated rings. The van der Waals surface area contributed by atoms with Crippen LogP contribution in [0.15, 0.2) is 72.0 Å². The molecule has 2 aromatic carbocycles. The molecule has 0 saturated carbocycles. The number of nitrogens with one attached hydrogen (secondary N) is 2. The van der Waals surface area contributed by atoms with Crippen LogP contribution in [0.3, 0.4) is 0 Å². The summed E-state index contributed by atoms with van der Waals surface area (Å²) in [6, 6.07) is 17.9. The third-order valence-corrected chi connectivity index (χ3v) is 6.83. The highest BCUT2D eigenvalue weighted by Crippen LogP contribution is 2.23. The molecule has 0 bridgehead atoms. The van der Waals surface area contributed by atoms with Gasteiger partial charge in [-0.2, -0.15) is 0 Å². The number of amides is 1. The Labute approximate surface area is 206 Å². The highest BCUT2D eigenvalue weighted by Gasteiger charge is 2.22. The molecule has 4 rings (SSSR count). The van der Waals surface area contributed by atoms with E-state index in [1.165, 1.54) is 11.6 Å². The number of fused-ring (bicyclic) bond motifs is 1. The summed E-state index contributed by atoms with van der Waals surface area (Å²) < 4.78 is 7.13. The second kappa shape index (κ2) is 11.3. The molecule has 1 aliphatic heterocycles. The Morgan fingerprint density at radius 1 is 1.14 bits per heavy atom. The summed E-state index contributed by atoms with van der Waals surface area (Å²) >= 11 is 0. The average Bonchev–Trinajstić information content (AvgIpc) is 2.91. The first kappa shape index (κ1) is 24.7. The summed E-state index contributed by atoms with van der Waals surface area (Å²) in [5.74, 6) is 0.383. The number of hydrogen-bond acceptors (Lipinski definition) is 5. The normalized spacial score (nSPS) is 15.6. The topological polar surface area (TPSA) is 75.6 Å². The number of nitrogens with zero attached hydrogens (tertiary/aromatic N) is 2. The molecule has 35 heavy (non-hydrogen) atoms. The first-order valence-corrected chi connectivity index (χ1v) is 12.1. The van der Waals surface area contributed by atoms with Crippen molar-refractivity contribution >= 4 is 16.8 Å². The number of carbonyl (C=O) groups excluding carboxylic acids is 1. The summed E-state index contributed by atoms with van der Waals surface area (Å²) in [5.41, 5.74) is 2.14. The van der Waals surface area contributed by atoms with E-state index in [1.807, 2.05) is 30.3 Å². The number of pyridine rings is 1. The summed E-state index contributed by atoms with van der Waals surface area (Å²) in [6.07, 6.45) is 4.04. The van der Waals surface area contributed by atoms with Gasteiger partial charge < -0.3 is 24.8 Å². The zero-order valence-electron chi connectivity index (χ0n) is 20.5. The maximum Gasteiger partial charge on any atom is 0.251 e. The molecule has 7 heteroatoms. The van der Waals surface area contributed by atoms with Gasteiger partial charge in [0.15, 0.2) is 0 Å². The summed E-state index contributed by atoms with van der Waals surface area (Å²) in [6.45, 7) is 7.25. The molecule has 184 valence electrons. The fourth-order valence-electron chi connectivity index (χ4n) is 4.82. The third kappa shape index (κ3) is 5.63. The van der Waals surface area contributed by atoms with Crippen LogP contribution in [0.5, 0.6) is 5.75 Å². The fourth-order valence-corrected chi connectivity index (χ4v) is 4.82. The third-order valence-electron chi connectivity index (χ3n) is 6.83. The molecule has 0 spiro atoms. The lowest BCUT2D eigenvalue weighted by atomic mass is 10.0. The minimum absolute atomic E-state index is 0.145. The number of carbonyl (C=O) groups is 1. The van der Waals surface area contributed by atoms with Gasteiger partial charge in [0.1, 0.15) is 5.75 Å². The Hall–Kier alpha value is -3.42. The van der Waals surface area contributed by atoms with E-state index in [0.29, 0.717) is 29.4 Å². The smallest absolute Gasteiger partial charge is 0.251 e. The Balaban J connectivity index is 1.43. The second-order valence-corrected chi connectivity index (χ2v) is 8.92. The molecule has 3 aromatic rings. The molecule has 0 radical (unpaired) electrons. The molecule has 1 unspecified atom stereocenters. The molecule has 2 heterocycles. The minimum atomic E-state index is -0.271. The highest BCUT2D eigenvalue weighted by atomic mass is 16.5. The van der Waals surface area contributed by atoms with Crippen molar-refractivity contribution in [1.82, 2.24) is 20.1 Å². The zero-order chi connectivity index (χ0) is 24.8. The number of methoxy groups -OCH3 is 1. The van der Waals surface area contributed by atoms with E-state index in [-0.39, 0.29) is 17.5 Å². The Bertz CT molecular complexity index is 1230. The Morgan fingerprint density at radius 3 is 2.54 bits per heavy atom. The molecule has 1 saturated heterocycles. The van der Waals surface area contributed by atoms with E-state index in [4.69, 9.17) is 4.74 Å². The lowest BCUT2D eigenvalue weighted by Crippen LogP contribution is -2.44.